The third-order valence-corrected chi connectivity index (χ3v) is 6.03. The number of carbonyl (C=O) groups is 1. The summed E-state index contributed by atoms with van der Waals surface area (Å²) in [7, 11) is 0. The fourth-order valence-electron chi connectivity index (χ4n) is 4.70. The zero-order valence-electron chi connectivity index (χ0n) is 17.1. The van der Waals surface area contributed by atoms with Crippen LogP contribution in [0.5, 0.6) is 5.75 Å². The number of benzene rings is 2. The number of para-hydroxylation sites is 1. The zero-order valence-corrected chi connectivity index (χ0v) is 17.1. The predicted octanol–water partition coefficient (Wildman–Crippen LogP) is 4.88. The Morgan fingerprint density at radius 2 is 1.93 bits per heavy atom. The molecule has 1 atom stereocenters. The van der Waals surface area contributed by atoms with E-state index in [-0.39, 0.29) is 12.1 Å². The van der Waals surface area contributed by atoms with Gasteiger partial charge in [0.05, 0.1) is 11.3 Å². The van der Waals surface area contributed by atoms with Gasteiger partial charge in [-0.25, -0.2) is 0 Å². The van der Waals surface area contributed by atoms with Gasteiger partial charge in [-0.15, -0.1) is 0 Å². The number of hydrogen-bond acceptors (Lipinski definition) is 3. The lowest BCUT2D eigenvalue weighted by molar-refractivity contribution is 0.00206. The molecule has 0 spiro atoms. The maximum absolute atomic E-state index is 13.2. The van der Waals surface area contributed by atoms with Crippen molar-refractivity contribution < 1.29 is 9.53 Å². The highest BCUT2D eigenvalue weighted by Gasteiger charge is 2.40. The Labute approximate surface area is 171 Å². The normalized spacial score (nSPS) is 17.5. The number of H-pyrrole nitrogens is 1. The number of hydrogen-bond donors (Lipinski definition) is 1. The quantitative estimate of drug-likeness (QED) is 0.676. The Balaban J connectivity index is 1.55. The highest BCUT2D eigenvalue weighted by atomic mass is 16.5. The molecule has 3 heterocycles. The predicted molar refractivity (Wildman–Crippen MR) is 116 cm³/mol. The van der Waals surface area contributed by atoms with Crippen molar-refractivity contribution in [1.82, 2.24) is 9.88 Å². The summed E-state index contributed by atoms with van der Waals surface area (Å²) in [4.78, 5) is 21.0. The van der Waals surface area contributed by atoms with E-state index in [1.165, 1.54) is 10.9 Å². The molecule has 2 aromatic carbocycles. The van der Waals surface area contributed by atoms with E-state index in [4.69, 9.17) is 4.74 Å². The number of ether oxygens (including phenoxy) is 1. The number of anilines is 1. The number of nitrogens with zero attached hydrogens (tertiary/aromatic N) is 2. The van der Waals surface area contributed by atoms with Gasteiger partial charge in [0.25, 0.3) is 5.91 Å². The van der Waals surface area contributed by atoms with Gasteiger partial charge in [0.2, 0.25) is 6.23 Å². The van der Waals surface area contributed by atoms with Crippen molar-refractivity contribution in [3.8, 4) is 5.75 Å². The highest BCUT2D eigenvalue weighted by molar-refractivity contribution is 5.99. The molecule has 1 N–H and O–H groups in total. The van der Waals surface area contributed by atoms with Crippen LogP contribution in [0.15, 0.2) is 42.5 Å². The highest BCUT2D eigenvalue weighted by Crippen LogP contribution is 2.42. The molecule has 0 radical (unpaired) electrons. The largest absolute Gasteiger partial charge is 0.464 e. The molecule has 1 unspecified atom stereocenters. The van der Waals surface area contributed by atoms with E-state index in [9.17, 15) is 4.79 Å². The monoisotopic (exact) mass is 389 g/mol. The smallest absolute Gasteiger partial charge is 0.260 e. The summed E-state index contributed by atoms with van der Waals surface area (Å²) in [6, 6.07) is 14.4. The molecule has 150 valence electrons. The van der Waals surface area contributed by atoms with Gasteiger partial charge in [-0.1, -0.05) is 32.0 Å². The SMILES string of the molecule is CCCN(CCC)c1ccc2c(c1)OC1c3[nH]c4ccccc4c3CCN1C2=O. The standard InChI is InChI=1S/C24H27N3O2/c1-3-12-26(13-4-2)16-9-10-19-21(15-16)29-24-22-18(11-14-27(24)23(19)28)17-7-5-6-8-20(17)25-22/h5-10,15,24-25H,3-4,11-14H2,1-2H3. The number of fused-ring (bicyclic) bond motifs is 6. The van der Waals surface area contributed by atoms with E-state index in [1.807, 2.05) is 23.1 Å². The second-order valence-electron chi connectivity index (χ2n) is 7.95. The fourth-order valence-corrected chi connectivity index (χ4v) is 4.70. The first-order chi connectivity index (χ1) is 14.2. The number of aromatic nitrogens is 1. The van der Waals surface area contributed by atoms with Crippen LogP contribution in [-0.2, 0) is 6.42 Å². The number of rotatable bonds is 5. The maximum Gasteiger partial charge on any atom is 0.260 e. The van der Waals surface area contributed by atoms with E-state index in [2.05, 4.69) is 48.0 Å². The van der Waals surface area contributed by atoms with Gasteiger partial charge >= 0.3 is 0 Å². The third-order valence-electron chi connectivity index (χ3n) is 6.03. The third kappa shape index (κ3) is 2.87. The van der Waals surface area contributed by atoms with Crippen LogP contribution in [0.2, 0.25) is 0 Å². The minimum absolute atomic E-state index is 0.0599. The topological polar surface area (TPSA) is 48.6 Å². The summed E-state index contributed by atoms with van der Waals surface area (Å²) in [6.45, 7) is 7.07. The van der Waals surface area contributed by atoms with Crippen molar-refractivity contribution in [2.45, 2.75) is 39.3 Å². The van der Waals surface area contributed by atoms with Crippen LogP contribution in [0.3, 0.4) is 0 Å². The summed E-state index contributed by atoms with van der Waals surface area (Å²) >= 11 is 0. The van der Waals surface area contributed by atoms with Crippen molar-refractivity contribution in [3.63, 3.8) is 0 Å². The molecular weight excluding hydrogens is 362 g/mol. The molecule has 5 nitrogen and oxygen atoms in total. The van der Waals surface area contributed by atoms with Crippen LogP contribution in [0.1, 0.15) is 54.5 Å². The lowest BCUT2D eigenvalue weighted by Gasteiger charge is -2.40. The van der Waals surface area contributed by atoms with Crippen molar-refractivity contribution in [2.75, 3.05) is 24.5 Å². The first kappa shape index (κ1) is 18.1. The van der Waals surface area contributed by atoms with E-state index in [0.29, 0.717) is 17.9 Å². The van der Waals surface area contributed by atoms with E-state index >= 15 is 0 Å². The van der Waals surface area contributed by atoms with Gasteiger partial charge in [0.15, 0.2) is 0 Å². The molecule has 1 aromatic heterocycles. The van der Waals surface area contributed by atoms with E-state index < -0.39 is 0 Å². The van der Waals surface area contributed by atoms with Crippen LogP contribution < -0.4 is 9.64 Å². The Morgan fingerprint density at radius 1 is 1.14 bits per heavy atom. The van der Waals surface area contributed by atoms with Gasteiger partial charge in [-0.05, 0) is 43.0 Å². The van der Waals surface area contributed by atoms with Crippen LogP contribution >= 0.6 is 0 Å². The second-order valence-corrected chi connectivity index (χ2v) is 7.95. The van der Waals surface area contributed by atoms with Gasteiger partial charge in [0.1, 0.15) is 5.75 Å². The molecule has 0 saturated carbocycles. The van der Waals surface area contributed by atoms with Crippen molar-refractivity contribution in [2.24, 2.45) is 0 Å². The lowest BCUT2D eigenvalue weighted by atomic mass is 9.99. The average molecular weight is 389 g/mol. The van der Waals surface area contributed by atoms with Crippen LogP contribution in [0.4, 0.5) is 5.69 Å². The lowest BCUT2D eigenvalue weighted by Crippen LogP contribution is -2.45. The van der Waals surface area contributed by atoms with Crippen LogP contribution in [0.25, 0.3) is 10.9 Å². The molecule has 2 aliphatic rings. The maximum atomic E-state index is 13.2. The molecule has 5 rings (SSSR count). The molecule has 0 fully saturated rings. The van der Waals surface area contributed by atoms with Crippen molar-refractivity contribution in [1.29, 1.82) is 0 Å². The van der Waals surface area contributed by atoms with Gasteiger partial charge < -0.3 is 14.6 Å². The van der Waals surface area contributed by atoms with Crippen LogP contribution in [0, 0.1) is 0 Å². The minimum atomic E-state index is -0.382. The van der Waals surface area contributed by atoms with Crippen LogP contribution in [-0.4, -0.2) is 35.4 Å². The number of amides is 1. The Kier molecular flexibility index (Phi) is 4.46. The number of nitrogens with one attached hydrogen (secondary N) is 1. The van der Waals surface area contributed by atoms with E-state index in [0.717, 1.165) is 49.2 Å². The molecule has 0 aliphatic carbocycles. The first-order valence-corrected chi connectivity index (χ1v) is 10.7. The molecule has 0 saturated heterocycles. The molecule has 5 heteroatoms. The molecule has 3 aromatic rings. The summed E-state index contributed by atoms with van der Waals surface area (Å²) in [5.74, 6) is 0.752. The molecule has 1 amide bonds. The summed E-state index contributed by atoms with van der Waals surface area (Å²) in [6.07, 6.45) is 2.64. The van der Waals surface area contributed by atoms with Gasteiger partial charge in [-0.2, -0.15) is 0 Å². The van der Waals surface area contributed by atoms with Gasteiger partial charge in [0, 0.05) is 42.3 Å². The second kappa shape index (κ2) is 7.14. The molecular formula is C24H27N3O2. The molecule has 2 aliphatic heterocycles. The zero-order chi connectivity index (χ0) is 20.0. The summed E-state index contributed by atoms with van der Waals surface area (Å²) in [5, 5.41) is 1.23. The Morgan fingerprint density at radius 3 is 2.72 bits per heavy atom. The number of aromatic amines is 1. The minimum Gasteiger partial charge on any atom is -0.464 e. The molecule has 29 heavy (non-hydrogen) atoms. The first-order valence-electron chi connectivity index (χ1n) is 10.7. The van der Waals surface area contributed by atoms with Crippen molar-refractivity contribution >= 4 is 22.5 Å². The van der Waals surface area contributed by atoms with Gasteiger partial charge in [-0.3, -0.25) is 9.69 Å². The Bertz CT molecular complexity index is 1070. The Hall–Kier alpha value is -2.95. The van der Waals surface area contributed by atoms with E-state index in [1.54, 1.807) is 0 Å². The number of carbonyl (C=O) groups excluding carboxylic acids is 1. The summed E-state index contributed by atoms with van der Waals surface area (Å²) in [5.41, 5.74) is 5.18. The van der Waals surface area contributed by atoms with Crippen molar-refractivity contribution in [3.05, 3.63) is 59.3 Å². The molecule has 0 bridgehead atoms. The fraction of sp³-hybridized carbons (Fsp3) is 0.375. The average Bonchev–Trinajstić information content (AvgIpc) is 3.13. The summed E-state index contributed by atoms with van der Waals surface area (Å²) < 4.78 is 6.46.